The first-order chi connectivity index (χ1) is 15.8. The summed E-state index contributed by atoms with van der Waals surface area (Å²) in [4.78, 5) is 34.3. The number of aromatic nitrogens is 1. The van der Waals surface area contributed by atoms with E-state index in [-0.39, 0.29) is 37.4 Å². The highest BCUT2D eigenvalue weighted by Gasteiger charge is 2.38. The number of pyridine rings is 1. The van der Waals surface area contributed by atoms with Crippen LogP contribution in [0.1, 0.15) is 26.3 Å². The monoisotopic (exact) mass is 501 g/mol. The van der Waals surface area contributed by atoms with E-state index in [0.717, 1.165) is 5.82 Å². The molecule has 2 aliphatic heterocycles. The van der Waals surface area contributed by atoms with Crippen molar-refractivity contribution in [1.82, 2.24) is 9.88 Å². The van der Waals surface area contributed by atoms with Crippen LogP contribution in [0.25, 0.3) is 0 Å². The van der Waals surface area contributed by atoms with Crippen LogP contribution in [0.5, 0.6) is 0 Å². The molecule has 0 atom stereocenters. The molecule has 0 unspecified atom stereocenters. The fraction of sp³-hybridized carbons (Fsp3) is 0.174. The third-order valence-electron chi connectivity index (χ3n) is 5.85. The molecule has 0 N–H and O–H groups in total. The van der Waals surface area contributed by atoms with Gasteiger partial charge in [0.25, 0.3) is 5.91 Å². The summed E-state index contributed by atoms with van der Waals surface area (Å²) in [6, 6.07) is 12.0. The van der Waals surface area contributed by atoms with E-state index in [9.17, 15) is 18.0 Å². The molecule has 1 saturated heterocycles. The molecule has 0 aliphatic carbocycles. The predicted molar refractivity (Wildman–Crippen MR) is 124 cm³/mol. The van der Waals surface area contributed by atoms with Gasteiger partial charge in [0.1, 0.15) is 5.82 Å². The number of carbonyl (C=O) groups is 2. The van der Waals surface area contributed by atoms with Crippen LogP contribution in [0.15, 0.2) is 64.5 Å². The Balaban J connectivity index is 1.45. The normalized spacial score (nSPS) is 16.8. The van der Waals surface area contributed by atoms with Crippen molar-refractivity contribution in [3.05, 3.63) is 81.5 Å². The van der Waals surface area contributed by atoms with Crippen LogP contribution in [0.4, 0.5) is 5.82 Å². The van der Waals surface area contributed by atoms with Crippen LogP contribution < -0.4 is 4.90 Å². The summed E-state index contributed by atoms with van der Waals surface area (Å²) in [7, 11) is -4.00. The first-order valence-corrected chi connectivity index (χ1v) is 12.4. The molecular formula is C23H17Cl2N3O4S. The maximum atomic E-state index is 13.4. The Hall–Kier alpha value is -2.94. The number of rotatable bonds is 2. The van der Waals surface area contributed by atoms with Gasteiger partial charge in [0.15, 0.2) is 5.78 Å². The lowest BCUT2D eigenvalue weighted by molar-refractivity contribution is 0.0741. The van der Waals surface area contributed by atoms with E-state index in [1.54, 1.807) is 17.2 Å². The average molecular weight is 502 g/mol. The number of nitrogens with zero attached hydrogens (tertiary/aromatic N) is 3. The molecule has 2 aliphatic rings. The molecule has 1 aromatic heterocycles. The van der Waals surface area contributed by atoms with Crippen molar-refractivity contribution >= 4 is 50.5 Å². The number of benzene rings is 2. The minimum atomic E-state index is -4.00. The highest BCUT2D eigenvalue weighted by atomic mass is 35.5. The summed E-state index contributed by atoms with van der Waals surface area (Å²) < 4.78 is 26.4. The Bertz CT molecular complexity index is 1400. The van der Waals surface area contributed by atoms with Gasteiger partial charge in [0, 0.05) is 43.0 Å². The number of ketones is 1. The summed E-state index contributed by atoms with van der Waals surface area (Å²) in [6.07, 6.45) is 1.57. The molecule has 168 valence electrons. The van der Waals surface area contributed by atoms with Gasteiger partial charge in [-0.05, 0) is 42.5 Å². The molecule has 3 aromatic rings. The Morgan fingerprint density at radius 1 is 0.909 bits per heavy atom. The Labute approximate surface area is 200 Å². The Morgan fingerprint density at radius 2 is 1.64 bits per heavy atom. The van der Waals surface area contributed by atoms with Crippen molar-refractivity contribution in [2.45, 2.75) is 9.79 Å². The summed E-state index contributed by atoms with van der Waals surface area (Å²) in [5, 5.41) is 0.763. The zero-order valence-electron chi connectivity index (χ0n) is 17.2. The maximum Gasteiger partial charge on any atom is 0.254 e. The van der Waals surface area contributed by atoms with Gasteiger partial charge in [0.05, 0.1) is 25.9 Å². The number of halogens is 2. The zero-order chi connectivity index (χ0) is 23.3. The standard InChI is InChI=1S/C23H17Cl2N3O4S/c24-14-4-6-16-19(12-14)33(31,32)18-3-1-2-17(21(18)22(16)29)23(30)28-10-8-27(9-11-28)20-7-5-15(25)13-26-20/h1-7,12-13H,8-11H2. The quantitative estimate of drug-likeness (QED) is 0.415. The first kappa shape index (κ1) is 21.9. The third-order valence-corrected chi connectivity index (χ3v) is 8.15. The average Bonchev–Trinajstić information content (AvgIpc) is 2.82. The van der Waals surface area contributed by atoms with E-state index in [0.29, 0.717) is 31.2 Å². The molecular weight excluding hydrogens is 485 g/mol. The Kier molecular flexibility index (Phi) is 5.39. The second-order valence-electron chi connectivity index (χ2n) is 7.77. The lowest BCUT2D eigenvalue weighted by atomic mass is 9.96. The second kappa shape index (κ2) is 8.13. The molecule has 5 rings (SSSR count). The fourth-order valence-corrected chi connectivity index (χ4v) is 6.24. The minimum absolute atomic E-state index is 0.0192. The first-order valence-electron chi connectivity index (χ1n) is 10.2. The number of fused-ring (bicyclic) bond motifs is 2. The van der Waals surface area contributed by atoms with Gasteiger partial charge in [-0.25, -0.2) is 13.4 Å². The molecule has 1 amide bonds. The minimum Gasteiger partial charge on any atom is -0.353 e. The van der Waals surface area contributed by atoms with Crippen LogP contribution in [-0.4, -0.2) is 56.2 Å². The number of hydrogen-bond acceptors (Lipinski definition) is 6. The molecule has 0 saturated carbocycles. The van der Waals surface area contributed by atoms with Crippen LogP contribution in [0.2, 0.25) is 10.0 Å². The highest BCUT2D eigenvalue weighted by Crippen LogP contribution is 2.37. The third kappa shape index (κ3) is 3.68. The molecule has 10 heteroatoms. The lowest BCUT2D eigenvalue weighted by Gasteiger charge is -2.36. The molecule has 33 heavy (non-hydrogen) atoms. The molecule has 0 radical (unpaired) electrons. The van der Waals surface area contributed by atoms with E-state index in [2.05, 4.69) is 4.98 Å². The molecule has 0 bridgehead atoms. The summed E-state index contributed by atoms with van der Waals surface area (Å²) >= 11 is 11.9. The number of piperazine rings is 1. The topological polar surface area (TPSA) is 87.6 Å². The molecule has 2 aromatic carbocycles. The van der Waals surface area contributed by atoms with E-state index in [1.807, 2.05) is 11.0 Å². The van der Waals surface area contributed by atoms with E-state index in [4.69, 9.17) is 23.2 Å². The van der Waals surface area contributed by atoms with Gasteiger partial charge >= 0.3 is 0 Å². The number of carbonyl (C=O) groups excluding carboxylic acids is 2. The van der Waals surface area contributed by atoms with Gasteiger partial charge in [-0.3, -0.25) is 9.59 Å². The van der Waals surface area contributed by atoms with Gasteiger partial charge < -0.3 is 9.80 Å². The zero-order valence-corrected chi connectivity index (χ0v) is 19.5. The van der Waals surface area contributed by atoms with E-state index >= 15 is 0 Å². The van der Waals surface area contributed by atoms with Crippen molar-refractivity contribution < 1.29 is 18.0 Å². The smallest absolute Gasteiger partial charge is 0.254 e. The molecule has 1 fully saturated rings. The number of hydrogen-bond donors (Lipinski definition) is 0. The molecule has 3 heterocycles. The van der Waals surface area contributed by atoms with Gasteiger partial charge in [-0.15, -0.1) is 0 Å². The SMILES string of the molecule is O=C1c2ccc(Cl)cc2S(=O)(=O)c2cccc(C(=O)N3CCN(c4ccc(Cl)cn4)CC3)c21. The van der Waals surface area contributed by atoms with Crippen molar-refractivity contribution in [3.8, 4) is 0 Å². The fourth-order valence-electron chi connectivity index (χ4n) is 4.19. The largest absolute Gasteiger partial charge is 0.353 e. The van der Waals surface area contributed by atoms with Crippen molar-refractivity contribution in [1.29, 1.82) is 0 Å². The summed E-state index contributed by atoms with van der Waals surface area (Å²) in [5.41, 5.74) is 0.0182. The summed E-state index contributed by atoms with van der Waals surface area (Å²) in [6.45, 7) is 1.89. The van der Waals surface area contributed by atoms with E-state index < -0.39 is 15.6 Å². The number of sulfone groups is 1. The Morgan fingerprint density at radius 3 is 2.33 bits per heavy atom. The van der Waals surface area contributed by atoms with Crippen LogP contribution in [0, 0.1) is 0 Å². The number of amides is 1. The van der Waals surface area contributed by atoms with Gasteiger partial charge in [-0.1, -0.05) is 29.3 Å². The lowest BCUT2D eigenvalue weighted by Crippen LogP contribution is -2.49. The molecule has 0 spiro atoms. The van der Waals surface area contributed by atoms with Crippen LogP contribution in [0.3, 0.4) is 0 Å². The van der Waals surface area contributed by atoms with E-state index in [1.165, 1.54) is 36.4 Å². The second-order valence-corrected chi connectivity index (χ2v) is 10.5. The molecule has 7 nitrogen and oxygen atoms in total. The van der Waals surface area contributed by atoms with Crippen LogP contribution in [-0.2, 0) is 9.84 Å². The summed E-state index contributed by atoms with van der Waals surface area (Å²) in [5.74, 6) is -0.115. The number of anilines is 1. The highest BCUT2D eigenvalue weighted by molar-refractivity contribution is 7.91. The van der Waals surface area contributed by atoms with Crippen molar-refractivity contribution in [2.75, 3.05) is 31.1 Å². The predicted octanol–water partition coefficient (Wildman–Crippen LogP) is 3.73. The maximum absolute atomic E-state index is 13.4. The van der Waals surface area contributed by atoms with Crippen LogP contribution >= 0.6 is 23.2 Å². The van der Waals surface area contributed by atoms with Gasteiger partial charge in [0.2, 0.25) is 9.84 Å². The van der Waals surface area contributed by atoms with Crippen molar-refractivity contribution in [3.63, 3.8) is 0 Å². The van der Waals surface area contributed by atoms with Gasteiger partial charge in [-0.2, -0.15) is 0 Å². The van der Waals surface area contributed by atoms with Crippen molar-refractivity contribution in [2.24, 2.45) is 0 Å².